The lowest BCUT2D eigenvalue weighted by Crippen LogP contribution is -1.96. The molecule has 1 heterocycles. The van der Waals surface area contributed by atoms with Gasteiger partial charge in [-0.25, -0.2) is 4.39 Å². The van der Waals surface area contributed by atoms with Crippen LogP contribution in [0.15, 0.2) is 10.6 Å². The lowest BCUT2D eigenvalue weighted by Gasteiger charge is -1.94. The SMILES string of the molecule is Cc1cc(C(F)CO)no1. The van der Waals surface area contributed by atoms with Crippen LogP contribution in [0, 0.1) is 6.92 Å². The van der Waals surface area contributed by atoms with Crippen LogP contribution in [-0.4, -0.2) is 16.9 Å². The number of aromatic nitrogens is 1. The van der Waals surface area contributed by atoms with Crippen LogP contribution < -0.4 is 0 Å². The molecule has 0 aromatic carbocycles. The van der Waals surface area contributed by atoms with Crippen molar-refractivity contribution in [3.05, 3.63) is 17.5 Å². The van der Waals surface area contributed by atoms with Gasteiger partial charge in [-0.3, -0.25) is 0 Å². The lowest BCUT2D eigenvalue weighted by molar-refractivity contribution is 0.172. The molecule has 0 radical (unpaired) electrons. The van der Waals surface area contributed by atoms with E-state index in [2.05, 4.69) is 9.68 Å². The third-order valence-corrected chi connectivity index (χ3v) is 1.13. The number of halogens is 1. The highest BCUT2D eigenvalue weighted by atomic mass is 19.1. The van der Waals surface area contributed by atoms with Gasteiger partial charge in [0.05, 0.1) is 6.61 Å². The molecule has 10 heavy (non-hydrogen) atoms. The second kappa shape index (κ2) is 2.79. The molecule has 1 aromatic rings. The molecule has 0 aliphatic heterocycles. The van der Waals surface area contributed by atoms with Crippen LogP contribution in [0.5, 0.6) is 0 Å². The molecule has 0 saturated carbocycles. The predicted octanol–water partition coefficient (Wildman–Crippen LogP) is 0.986. The minimum Gasteiger partial charge on any atom is -0.393 e. The Hall–Kier alpha value is -0.900. The van der Waals surface area contributed by atoms with Gasteiger partial charge in [0, 0.05) is 6.07 Å². The zero-order chi connectivity index (χ0) is 7.56. The second-order valence-corrected chi connectivity index (χ2v) is 2.01. The largest absolute Gasteiger partial charge is 0.393 e. The topological polar surface area (TPSA) is 46.3 Å². The summed E-state index contributed by atoms with van der Waals surface area (Å²) in [6.07, 6.45) is -1.42. The zero-order valence-electron chi connectivity index (χ0n) is 5.54. The van der Waals surface area contributed by atoms with Gasteiger partial charge in [0.2, 0.25) is 0 Å². The number of alkyl halides is 1. The van der Waals surface area contributed by atoms with Gasteiger partial charge < -0.3 is 9.63 Å². The molecule has 1 atom stereocenters. The molecular weight excluding hydrogens is 137 g/mol. The van der Waals surface area contributed by atoms with Crippen LogP contribution in [0.3, 0.4) is 0 Å². The fourth-order valence-corrected chi connectivity index (χ4v) is 0.627. The number of rotatable bonds is 2. The van der Waals surface area contributed by atoms with E-state index in [0.717, 1.165) is 0 Å². The summed E-state index contributed by atoms with van der Waals surface area (Å²) in [6.45, 7) is 1.12. The zero-order valence-corrected chi connectivity index (χ0v) is 5.54. The average Bonchev–Trinajstić information content (AvgIpc) is 2.34. The molecule has 3 nitrogen and oxygen atoms in total. The van der Waals surface area contributed by atoms with Gasteiger partial charge in [-0.1, -0.05) is 5.16 Å². The van der Waals surface area contributed by atoms with Crippen molar-refractivity contribution < 1.29 is 14.0 Å². The van der Waals surface area contributed by atoms with Gasteiger partial charge >= 0.3 is 0 Å². The van der Waals surface area contributed by atoms with Gasteiger partial charge in [-0.15, -0.1) is 0 Å². The van der Waals surface area contributed by atoms with Crippen molar-refractivity contribution in [1.82, 2.24) is 5.16 Å². The van der Waals surface area contributed by atoms with Gasteiger partial charge in [0.25, 0.3) is 0 Å². The molecule has 0 aliphatic carbocycles. The Bertz CT molecular complexity index is 211. The summed E-state index contributed by atoms with van der Waals surface area (Å²) >= 11 is 0. The van der Waals surface area contributed by atoms with Gasteiger partial charge in [0.1, 0.15) is 11.5 Å². The highest BCUT2D eigenvalue weighted by molar-refractivity contribution is 5.06. The first-order valence-corrected chi connectivity index (χ1v) is 2.92. The Balaban J connectivity index is 2.74. The van der Waals surface area contributed by atoms with E-state index in [0.29, 0.717) is 5.76 Å². The number of hydrogen-bond donors (Lipinski definition) is 1. The van der Waals surface area contributed by atoms with E-state index in [1.54, 1.807) is 6.92 Å². The molecule has 1 aromatic heterocycles. The Morgan fingerprint density at radius 2 is 2.60 bits per heavy atom. The van der Waals surface area contributed by atoms with E-state index in [1.165, 1.54) is 6.07 Å². The summed E-state index contributed by atoms with van der Waals surface area (Å²) in [4.78, 5) is 0. The summed E-state index contributed by atoms with van der Waals surface area (Å²) in [6, 6.07) is 1.46. The van der Waals surface area contributed by atoms with E-state index < -0.39 is 12.8 Å². The number of aliphatic hydroxyl groups is 1. The smallest absolute Gasteiger partial charge is 0.168 e. The van der Waals surface area contributed by atoms with E-state index in [4.69, 9.17) is 5.11 Å². The highest BCUT2D eigenvalue weighted by Gasteiger charge is 2.11. The fraction of sp³-hybridized carbons (Fsp3) is 0.500. The lowest BCUT2D eigenvalue weighted by atomic mass is 10.3. The summed E-state index contributed by atoms with van der Waals surface area (Å²) in [5.74, 6) is 0.547. The van der Waals surface area contributed by atoms with E-state index in [9.17, 15) is 4.39 Å². The van der Waals surface area contributed by atoms with Crippen molar-refractivity contribution in [2.24, 2.45) is 0 Å². The molecule has 56 valence electrons. The van der Waals surface area contributed by atoms with Crippen LogP contribution >= 0.6 is 0 Å². The molecule has 1 N–H and O–H groups in total. The van der Waals surface area contributed by atoms with E-state index in [-0.39, 0.29) is 5.69 Å². The Kier molecular flexibility index (Phi) is 2.01. The molecular formula is C6H8FNO2. The van der Waals surface area contributed by atoms with Crippen molar-refractivity contribution in [2.45, 2.75) is 13.1 Å². The molecule has 0 amide bonds. The molecule has 0 bridgehead atoms. The van der Waals surface area contributed by atoms with Crippen LogP contribution in [0.2, 0.25) is 0 Å². The van der Waals surface area contributed by atoms with Gasteiger partial charge in [-0.2, -0.15) is 0 Å². The molecule has 1 rings (SSSR count). The first-order valence-electron chi connectivity index (χ1n) is 2.92. The fourth-order valence-electron chi connectivity index (χ4n) is 0.627. The molecule has 0 spiro atoms. The first-order chi connectivity index (χ1) is 4.74. The Morgan fingerprint density at radius 3 is 3.00 bits per heavy atom. The number of aryl methyl sites for hydroxylation is 1. The summed E-state index contributed by atoms with van der Waals surface area (Å²) in [7, 11) is 0. The number of aliphatic hydroxyl groups excluding tert-OH is 1. The van der Waals surface area contributed by atoms with Gasteiger partial charge in [-0.05, 0) is 6.92 Å². The van der Waals surface area contributed by atoms with Crippen LogP contribution in [0.4, 0.5) is 4.39 Å². The Labute approximate surface area is 57.5 Å². The Morgan fingerprint density at radius 1 is 1.90 bits per heavy atom. The maximum absolute atomic E-state index is 12.5. The van der Waals surface area contributed by atoms with Crippen molar-refractivity contribution in [2.75, 3.05) is 6.61 Å². The number of nitrogens with zero attached hydrogens (tertiary/aromatic N) is 1. The molecule has 1 unspecified atom stereocenters. The maximum atomic E-state index is 12.5. The van der Waals surface area contributed by atoms with Crippen LogP contribution in [0.25, 0.3) is 0 Å². The maximum Gasteiger partial charge on any atom is 0.168 e. The standard InChI is InChI=1S/C6H8FNO2/c1-4-2-6(8-10-4)5(7)3-9/h2,5,9H,3H2,1H3. The van der Waals surface area contributed by atoms with Crippen molar-refractivity contribution in [1.29, 1.82) is 0 Å². The molecule has 4 heteroatoms. The minimum atomic E-state index is -1.42. The van der Waals surface area contributed by atoms with Crippen molar-refractivity contribution >= 4 is 0 Å². The first kappa shape index (κ1) is 7.21. The van der Waals surface area contributed by atoms with Crippen LogP contribution in [0.1, 0.15) is 17.6 Å². The average molecular weight is 145 g/mol. The number of hydrogen-bond acceptors (Lipinski definition) is 3. The molecule has 0 aliphatic rings. The quantitative estimate of drug-likeness (QED) is 0.674. The highest BCUT2D eigenvalue weighted by Crippen LogP contribution is 2.15. The summed E-state index contributed by atoms with van der Waals surface area (Å²) in [5.41, 5.74) is 0.153. The van der Waals surface area contributed by atoms with Crippen molar-refractivity contribution in [3.63, 3.8) is 0 Å². The van der Waals surface area contributed by atoms with E-state index in [1.807, 2.05) is 0 Å². The molecule has 0 fully saturated rings. The van der Waals surface area contributed by atoms with Crippen molar-refractivity contribution in [3.8, 4) is 0 Å². The monoisotopic (exact) mass is 145 g/mol. The molecule has 0 saturated heterocycles. The van der Waals surface area contributed by atoms with Gasteiger partial charge in [0.15, 0.2) is 6.17 Å². The summed E-state index contributed by atoms with van der Waals surface area (Å²) in [5, 5.41) is 11.7. The second-order valence-electron chi connectivity index (χ2n) is 2.01. The third-order valence-electron chi connectivity index (χ3n) is 1.13. The third kappa shape index (κ3) is 1.33. The summed E-state index contributed by atoms with van der Waals surface area (Å²) < 4.78 is 17.1. The normalized spacial score (nSPS) is 13.5. The predicted molar refractivity (Wildman–Crippen MR) is 32.2 cm³/mol. The minimum absolute atomic E-state index is 0.153. The van der Waals surface area contributed by atoms with Crippen LogP contribution in [-0.2, 0) is 0 Å². The van der Waals surface area contributed by atoms with E-state index >= 15 is 0 Å².